The topological polar surface area (TPSA) is 85.2 Å². The smallest absolute Gasteiger partial charge is 0.267 e. The Hall–Kier alpha value is -3.00. The van der Waals surface area contributed by atoms with Gasteiger partial charge in [0.15, 0.2) is 0 Å². The normalized spacial score (nSPS) is 11.3. The predicted molar refractivity (Wildman–Crippen MR) is 90.8 cm³/mol. The van der Waals surface area contributed by atoms with Crippen molar-refractivity contribution in [2.24, 2.45) is 5.92 Å². The molecular formula is C18H19N3O2. The van der Waals surface area contributed by atoms with Crippen molar-refractivity contribution in [3.63, 3.8) is 0 Å². The maximum Gasteiger partial charge on any atom is 0.267 e. The summed E-state index contributed by atoms with van der Waals surface area (Å²) in [6.07, 6.45) is 1.43. The lowest BCUT2D eigenvalue weighted by Gasteiger charge is -2.09. The lowest BCUT2D eigenvalue weighted by atomic mass is 10.1. The molecule has 2 rings (SSSR count). The van der Waals surface area contributed by atoms with E-state index in [1.807, 2.05) is 19.9 Å². The number of aromatic hydroxyl groups is 1. The average molecular weight is 309 g/mol. The molecule has 0 spiro atoms. The van der Waals surface area contributed by atoms with Crippen molar-refractivity contribution in [2.45, 2.75) is 13.8 Å². The molecule has 0 saturated carbocycles. The second-order valence-corrected chi connectivity index (χ2v) is 5.60. The fourth-order valence-corrected chi connectivity index (χ4v) is 2.14. The Morgan fingerprint density at radius 2 is 1.96 bits per heavy atom. The number of nitriles is 1. The molecule has 2 aromatic carbocycles. The van der Waals surface area contributed by atoms with Crippen LogP contribution in [0.1, 0.15) is 13.8 Å². The Labute approximate surface area is 135 Å². The van der Waals surface area contributed by atoms with Crippen LogP contribution < -0.4 is 10.6 Å². The van der Waals surface area contributed by atoms with E-state index >= 15 is 0 Å². The maximum atomic E-state index is 12.2. The van der Waals surface area contributed by atoms with Gasteiger partial charge in [-0.25, -0.2) is 0 Å². The van der Waals surface area contributed by atoms with Gasteiger partial charge in [-0.15, -0.1) is 0 Å². The molecule has 2 aromatic rings. The molecule has 5 nitrogen and oxygen atoms in total. The molecule has 0 atom stereocenters. The van der Waals surface area contributed by atoms with Crippen LogP contribution >= 0.6 is 0 Å². The minimum absolute atomic E-state index is 0.00260. The summed E-state index contributed by atoms with van der Waals surface area (Å²) in [5.74, 6) is 0.0724. The first kappa shape index (κ1) is 16.4. The van der Waals surface area contributed by atoms with E-state index in [4.69, 9.17) is 5.26 Å². The van der Waals surface area contributed by atoms with Gasteiger partial charge in [0.05, 0.1) is 0 Å². The van der Waals surface area contributed by atoms with Crippen LogP contribution in [0.15, 0.2) is 48.2 Å². The SMILES string of the molecule is CC(C)CN/C=C(/C#N)C(=O)Nc1cccc2c(O)cccc12. The van der Waals surface area contributed by atoms with Gasteiger partial charge in [0, 0.05) is 29.2 Å². The lowest BCUT2D eigenvalue weighted by Crippen LogP contribution is -2.19. The number of phenolic OH excluding ortho intramolecular Hbond substituents is 1. The Kier molecular flexibility index (Phi) is 5.21. The number of hydrogen-bond acceptors (Lipinski definition) is 4. The van der Waals surface area contributed by atoms with Crippen LogP contribution in [0.4, 0.5) is 5.69 Å². The highest BCUT2D eigenvalue weighted by Gasteiger charge is 2.11. The minimum Gasteiger partial charge on any atom is -0.507 e. The van der Waals surface area contributed by atoms with Crippen molar-refractivity contribution in [3.05, 3.63) is 48.2 Å². The summed E-state index contributed by atoms with van der Waals surface area (Å²) >= 11 is 0. The zero-order valence-corrected chi connectivity index (χ0v) is 13.1. The molecule has 0 bridgehead atoms. The molecule has 23 heavy (non-hydrogen) atoms. The van der Waals surface area contributed by atoms with E-state index < -0.39 is 5.91 Å². The Morgan fingerprint density at radius 3 is 2.65 bits per heavy atom. The van der Waals surface area contributed by atoms with Gasteiger partial charge < -0.3 is 15.7 Å². The monoisotopic (exact) mass is 309 g/mol. The number of fused-ring (bicyclic) bond motifs is 1. The minimum atomic E-state index is -0.486. The molecule has 0 heterocycles. The van der Waals surface area contributed by atoms with Crippen LogP contribution in [0.2, 0.25) is 0 Å². The number of benzene rings is 2. The second-order valence-electron chi connectivity index (χ2n) is 5.60. The number of anilines is 1. The van der Waals surface area contributed by atoms with Crippen LogP contribution in [-0.4, -0.2) is 17.6 Å². The van der Waals surface area contributed by atoms with Crippen LogP contribution in [0.5, 0.6) is 5.75 Å². The van der Waals surface area contributed by atoms with Crippen molar-refractivity contribution < 1.29 is 9.90 Å². The number of carbonyl (C=O) groups excluding carboxylic acids is 1. The van der Waals surface area contributed by atoms with Gasteiger partial charge in [0.1, 0.15) is 17.4 Å². The molecule has 3 N–H and O–H groups in total. The van der Waals surface area contributed by atoms with E-state index in [0.717, 1.165) is 0 Å². The summed E-state index contributed by atoms with van der Waals surface area (Å²) in [6.45, 7) is 4.76. The predicted octanol–water partition coefficient (Wildman–Crippen LogP) is 3.14. The molecule has 0 aromatic heterocycles. The third kappa shape index (κ3) is 4.01. The summed E-state index contributed by atoms with van der Waals surface area (Å²) in [4.78, 5) is 12.2. The number of phenols is 1. The molecule has 0 aliphatic rings. The molecule has 5 heteroatoms. The van der Waals surface area contributed by atoms with Gasteiger partial charge in [-0.3, -0.25) is 4.79 Å². The van der Waals surface area contributed by atoms with Crippen molar-refractivity contribution in [1.82, 2.24) is 5.32 Å². The summed E-state index contributed by atoms with van der Waals surface area (Å²) in [6, 6.07) is 12.2. The fourth-order valence-electron chi connectivity index (χ4n) is 2.14. The molecule has 1 amide bonds. The van der Waals surface area contributed by atoms with E-state index in [1.54, 1.807) is 36.4 Å². The quantitative estimate of drug-likeness (QED) is 0.585. The van der Waals surface area contributed by atoms with Crippen molar-refractivity contribution in [1.29, 1.82) is 5.26 Å². The standard InChI is InChI=1S/C18H19N3O2/c1-12(2)10-20-11-13(9-19)18(23)21-16-7-3-6-15-14(16)5-4-8-17(15)22/h3-8,11-12,20,22H,10H2,1-2H3,(H,21,23)/b13-11-. The number of rotatable bonds is 5. The number of nitrogens with one attached hydrogen (secondary N) is 2. The molecular weight excluding hydrogens is 290 g/mol. The van der Waals surface area contributed by atoms with E-state index in [9.17, 15) is 9.90 Å². The van der Waals surface area contributed by atoms with Gasteiger partial charge in [-0.1, -0.05) is 38.1 Å². The Morgan fingerprint density at radius 1 is 1.26 bits per heavy atom. The molecule has 0 radical (unpaired) electrons. The second kappa shape index (κ2) is 7.32. The van der Waals surface area contributed by atoms with Gasteiger partial charge in [0.2, 0.25) is 0 Å². The molecule has 0 fully saturated rings. The lowest BCUT2D eigenvalue weighted by molar-refractivity contribution is -0.112. The zero-order valence-electron chi connectivity index (χ0n) is 13.1. The highest BCUT2D eigenvalue weighted by atomic mass is 16.3. The summed E-state index contributed by atoms with van der Waals surface area (Å²) < 4.78 is 0. The molecule has 0 aliphatic carbocycles. The van der Waals surface area contributed by atoms with Crippen molar-refractivity contribution >= 4 is 22.4 Å². The number of carbonyl (C=O) groups is 1. The van der Waals surface area contributed by atoms with Gasteiger partial charge in [0.25, 0.3) is 5.91 Å². The summed E-state index contributed by atoms with van der Waals surface area (Å²) in [5, 5.41) is 26.0. The number of nitrogens with zero attached hydrogens (tertiary/aromatic N) is 1. The Balaban J connectivity index is 2.23. The van der Waals surface area contributed by atoms with Crippen LogP contribution in [0.3, 0.4) is 0 Å². The third-order valence-electron chi connectivity index (χ3n) is 3.28. The van der Waals surface area contributed by atoms with Crippen LogP contribution in [0, 0.1) is 17.2 Å². The first-order valence-electron chi connectivity index (χ1n) is 7.38. The molecule has 0 aliphatic heterocycles. The zero-order chi connectivity index (χ0) is 16.8. The first-order valence-corrected chi connectivity index (χ1v) is 7.38. The van der Waals surface area contributed by atoms with E-state index in [0.29, 0.717) is 28.9 Å². The van der Waals surface area contributed by atoms with Crippen LogP contribution in [0.25, 0.3) is 10.8 Å². The maximum absolute atomic E-state index is 12.2. The first-order chi connectivity index (χ1) is 11.0. The number of amides is 1. The van der Waals surface area contributed by atoms with Gasteiger partial charge in [-0.05, 0) is 18.1 Å². The van der Waals surface area contributed by atoms with Crippen LogP contribution in [-0.2, 0) is 4.79 Å². The molecule has 0 unspecified atom stereocenters. The van der Waals surface area contributed by atoms with E-state index in [2.05, 4.69) is 10.6 Å². The van der Waals surface area contributed by atoms with E-state index in [-0.39, 0.29) is 11.3 Å². The largest absolute Gasteiger partial charge is 0.507 e. The highest BCUT2D eigenvalue weighted by molar-refractivity contribution is 6.11. The van der Waals surface area contributed by atoms with Crippen molar-refractivity contribution in [2.75, 3.05) is 11.9 Å². The van der Waals surface area contributed by atoms with Gasteiger partial charge in [-0.2, -0.15) is 5.26 Å². The average Bonchev–Trinajstić information content (AvgIpc) is 2.52. The molecule has 0 saturated heterocycles. The highest BCUT2D eigenvalue weighted by Crippen LogP contribution is 2.29. The Bertz CT molecular complexity index is 788. The molecule has 118 valence electrons. The summed E-state index contributed by atoms with van der Waals surface area (Å²) in [5.41, 5.74) is 0.552. The summed E-state index contributed by atoms with van der Waals surface area (Å²) in [7, 11) is 0. The third-order valence-corrected chi connectivity index (χ3v) is 3.28. The van der Waals surface area contributed by atoms with Crippen molar-refractivity contribution in [3.8, 4) is 11.8 Å². The number of hydrogen-bond donors (Lipinski definition) is 3. The fraction of sp³-hybridized carbons (Fsp3) is 0.222. The van der Waals surface area contributed by atoms with E-state index in [1.165, 1.54) is 6.20 Å². The van der Waals surface area contributed by atoms with Gasteiger partial charge >= 0.3 is 0 Å².